The Balaban J connectivity index is 1.79. The van der Waals surface area contributed by atoms with Gasteiger partial charge in [-0.25, -0.2) is 4.79 Å². The van der Waals surface area contributed by atoms with Gasteiger partial charge in [0.15, 0.2) is 0 Å². The maximum Gasteiger partial charge on any atom is 0.328 e. The average Bonchev–Trinajstić information content (AvgIpc) is 2.85. The fraction of sp³-hybridized carbons (Fsp3) is 0.533. The summed E-state index contributed by atoms with van der Waals surface area (Å²) < 4.78 is 5.79. The maximum atomic E-state index is 10.5. The molecule has 1 aliphatic rings. The second-order valence-electron chi connectivity index (χ2n) is 4.99. The van der Waals surface area contributed by atoms with Gasteiger partial charge in [-0.15, -0.1) is 11.3 Å². The second kappa shape index (κ2) is 7.46. The molecule has 2 rings (SSSR count). The number of aliphatic carboxylic acids is 1. The Kier molecular flexibility index (Phi) is 5.61. The van der Waals surface area contributed by atoms with Crippen LogP contribution in [0.25, 0.3) is 6.08 Å². The minimum Gasteiger partial charge on any atom is -0.478 e. The van der Waals surface area contributed by atoms with Crippen molar-refractivity contribution in [2.75, 3.05) is 6.61 Å². The molecule has 104 valence electrons. The summed E-state index contributed by atoms with van der Waals surface area (Å²) in [5, 5.41) is 10.6. The van der Waals surface area contributed by atoms with Gasteiger partial charge in [-0.2, -0.15) is 0 Å². The quantitative estimate of drug-likeness (QED) is 0.803. The molecule has 1 fully saturated rings. The zero-order valence-corrected chi connectivity index (χ0v) is 11.8. The topological polar surface area (TPSA) is 46.5 Å². The summed E-state index contributed by atoms with van der Waals surface area (Å²) in [4.78, 5) is 11.6. The van der Waals surface area contributed by atoms with Crippen LogP contribution < -0.4 is 0 Å². The molecule has 0 amide bonds. The zero-order valence-electron chi connectivity index (χ0n) is 11.0. The highest BCUT2D eigenvalue weighted by molar-refractivity contribution is 7.10. The number of rotatable bonds is 6. The van der Waals surface area contributed by atoms with Crippen molar-refractivity contribution in [3.8, 4) is 0 Å². The van der Waals surface area contributed by atoms with Crippen LogP contribution in [0.5, 0.6) is 0 Å². The number of thiophene rings is 1. The van der Waals surface area contributed by atoms with E-state index in [1.54, 1.807) is 17.4 Å². The number of carboxylic acid groups (broad SMARTS) is 1. The first-order chi connectivity index (χ1) is 9.25. The van der Waals surface area contributed by atoms with Crippen molar-refractivity contribution >= 4 is 23.4 Å². The van der Waals surface area contributed by atoms with E-state index in [-0.39, 0.29) is 0 Å². The minimum absolute atomic E-state index is 0.591. The first-order valence-corrected chi connectivity index (χ1v) is 7.69. The van der Waals surface area contributed by atoms with Gasteiger partial charge in [-0.05, 0) is 41.8 Å². The molecule has 0 bridgehead atoms. The highest BCUT2D eigenvalue weighted by Gasteiger charge is 2.13. The fourth-order valence-electron chi connectivity index (χ4n) is 2.45. The van der Waals surface area contributed by atoms with Gasteiger partial charge in [0.25, 0.3) is 0 Å². The molecule has 0 aromatic carbocycles. The van der Waals surface area contributed by atoms with Gasteiger partial charge < -0.3 is 9.84 Å². The third-order valence-electron chi connectivity index (χ3n) is 3.50. The van der Waals surface area contributed by atoms with Gasteiger partial charge in [0, 0.05) is 17.6 Å². The summed E-state index contributed by atoms with van der Waals surface area (Å²) in [6.07, 6.45) is 9.42. The van der Waals surface area contributed by atoms with Crippen LogP contribution in [0.4, 0.5) is 0 Å². The van der Waals surface area contributed by atoms with Crippen molar-refractivity contribution in [1.29, 1.82) is 0 Å². The van der Waals surface area contributed by atoms with Gasteiger partial charge >= 0.3 is 5.97 Å². The molecule has 1 aliphatic carbocycles. The first kappa shape index (κ1) is 14.3. The summed E-state index contributed by atoms with van der Waals surface area (Å²) >= 11 is 1.62. The SMILES string of the molecule is O=C(O)/C=C/c1ccsc1COCC1CCCCC1. The molecular formula is C15H20O3S. The van der Waals surface area contributed by atoms with E-state index in [1.807, 2.05) is 11.4 Å². The van der Waals surface area contributed by atoms with Crippen LogP contribution in [0.2, 0.25) is 0 Å². The molecule has 1 saturated carbocycles. The normalized spacial score (nSPS) is 17.1. The molecule has 1 aromatic rings. The first-order valence-electron chi connectivity index (χ1n) is 6.81. The van der Waals surface area contributed by atoms with Crippen LogP contribution in [0.1, 0.15) is 42.5 Å². The molecule has 1 aromatic heterocycles. The van der Waals surface area contributed by atoms with Crippen LogP contribution in [0.15, 0.2) is 17.5 Å². The minimum atomic E-state index is -0.916. The van der Waals surface area contributed by atoms with Gasteiger partial charge in [-0.3, -0.25) is 0 Å². The Labute approximate surface area is 117 Å². The lowest BCUT2D eigenvalue weighted by atomic mass is 9.90. The monoisotopic (exact) mass is 280 g/mol. The number of hydrogen-bond acceptors (Lipinski definition) is 3. The molecule has 4 heteroatoms. The zero-order chi connectivity index (χ0) is 13.5. The van der Waals surface area contributed by atoms with Gasteiger partial charge in [0.1, 0.15) is 0 Å². The van der Waals surface area contributed by atoms with E-state index in [4.69, 9.17) is 9.84 Å². The van der Waals surface area contributed by atoms with E-state index in [1.165, 1.54) is 38.2 Å². The lowest BCUT2D eigenvalue weighted by Crippen LogP contribution is -2.13. The Morgan fingerprint density at radius 3 is 2.95 bits per heavy atom. The number of hydrogen-bond donors (Lipinski definition) is 1. The molecule has 0 atom stereocenters. The van der Waals surface area contributed by atoms with Gasteiger partial charge in [0.05, 0.1) is 6.61 Å². The van der Waals surface area contributed by atoms with E-state index in [0.717, 1.165) is 17.0 Å². The lowest BCUT2D eigenvalue weighted by Gasteiger charge is -2.21. The van der Waals surface area contributed by atoms with Crippen molar-refractivity contribution in [3.63, 3.8) is 0 Å². The molecule has 3 nitrogen and oxygen atoms in total. The van der Waals surface area contributed by atoms with Gasteiger partial charge in [-0.1, -0.05) is 19.3 Å². The van der Waals surface area contributed by atoms with Crippen LogP contribution in [0.3, 0.4) is 0 Å². The summed E-state index contributed by atoms with van der Waals surface area (Å²) in [5.41, 5.74) is 0.955. The number of carboxylic acids is 1. The standard InChI is InChI=1S/C15H20O3S/c16-15(17)7-6-13-8-9-19-14(13)11-18-10-12-4-2-1-3-5-12/h6-9,12H,1-5,10-11H2,(H,16,17)/b7-6+. The highest BCUT2D eigenvalue weighted by Crippen LogP contribution is 2.25. The summed E-state index contributed by atoms with van der Waals surface area (Å²) in [5.74, 6) is -0.202. The molecule has 0 radical (unpaired) electrons. The second-order valence-corrected chi connectivity index (χ2v) is 5.99. The Hall–Kier alpha value is -1.13. The van der Waals surface area contributed by atoms with Crippen molar-refractivity contribution in [1.82, 2.24) is 0 Å². The Morgan fingerprint density at radius 2 is 2.21 bits per heavy atom. The molecule has 0 spiro atoms. The Morgan fingerprint density at radius 1 is 1.42 bits per heavy atom. The Bertz CT molecular complexity index is 430. The number of ether oxygens (including phenoxy) is 1. The molecule has 0 unspecified atom stereocenters. The van der Waals surface area contributed by atoms with Crippen molar-refractivity contribution < 1.29 is 14.6 Å². The third-order valence-corrected chi connectivity index (χ3v) is 4.41. The summed E-state index contributed by atoms with van der Waals surface area (Å²) in [6, 6.07) is 1.93. The van der Waals surface area contributed by atoms with E-state index in [2.05, 4.69) is 0 Å². The van der Waals surface area contributed by atoms with E-state index in [0.29, 0.717) is 12.5 Å². The predicted octanol–water partition coefficient (Wildman–Crippen LogP) is 3.94. The van der Waals surface area contributed by atoms with E-state index >= 15 is 0 Å². The largest absolute Gasteiger partial charge is 0.478 e. The van der Waals surface area contributed by atoms with Crippen LogP contribution in [0, 0.1) is 5.92 Å². The van der Waals surface area contributed by atoms with Crippen molar-refractivity contribution in [2.24, 2.45) is 5.92 Å². The van der Waals surface area contributed by atoms with E-state index in [9.17, 15) is 4.79 Å². The molecule has 1 heterocycles. The lowest BCUT2D eigenvalue weighted by molar-refractivity contribution is -0.131. The van der Waals surface area contributed by atoms with Crippen LogP contribution in [-0.2, 0) is 16.1 Å². The molecule has 0 saturated heterocycles. The molecular weight excluding hydrogens is 260 g/mol. The molecule has 19 heavy (non-hydrogen) atoms. The van der Waals surface area contributed by atoms with Crippen LogP contribution in [-0.4, -0.2) is 17.7 Å². The predicted molar refractivity (Wildman–Crippen MR) is 77.2 cm³/mol. The smallest absolute Gasteiger partial charge is 0.328 e. The van der Waals surface area contributed by atoms with Gasteiger partial charge in [0.2, 0.25) is 0 Å². The van der Waals surface area contributed by atoms with Crippen molar-refractivity contribution in [3.05, 3.63) is 28.0 Å². The number of carbonyl (C=O) groups is 1. The fourth-order valence-corrected chi connectivity index (χ4v) is 3.25. The van der Waals surface area contributed by atoms with E-state index < -0.39 is 5.97 Å². The third kappa shape index (κ3) is 4.80. The molecule has 0 aliphatic heterocycles. The highest BCUT2D eigenvalue weighted by atomic mass is 32.1. The summed E-state index contributed by atoms with van der Waals surface area (Å²) in [7, 11) is 0. The average molecular weight is 280 g/mol. The van der Waals surface area contributed by atoms with Crippen LogP contribution >= 0.6 is 11.3 Å². The summed E-state index contributed by atoms with van der Waals surface area (Å²) in [6.45, 7) is 1.42. The maximum absolute atomic E-state index is 10.5. The van der Waals surface area contributed by atoms with Crippen molar-refractivity contribution in [2.45, 2.75) is 38.7 Å². The molecule has 1 N–H and O–H groups in total.